The first-order valence-electron chi connectivity index (χ1n) is 14.0. The summed E-state index contributed by atoms with van der Waals surface area (Å²) < 4.78 is 26.1. The second-order valence-corrected chi connectivity index (χ2v) is 13.1. The van der Waals surface area contributed by atoms with Crippen LogP contribution in [0.3, 0.4) is 0 Å². The van der Waals surface area contributed by atoms with Crippen molar-refractivity contribution >= 4 is 44.0 Å². The smallest absolute Gasteiger partial charge is 0.175 e. The van der Waals surface area contributed by atoms with E-state index >= 15 is 0 Å². The minimum absolute atomic E-state index is 0.346. The molecule has 2 aliphatic heterocycles. The molecule has 212 valence electrons. The summed E-state index contributed by atoms with van der Waals surface area (Å²) in [7, 11) is -1.18. The number of hydrogen-bond acceptors (Lipinski definition) is 9. The number of sulfone groups is 1. The number of carbonyl (C=O) groups excluding carboxylic acids is 1. The van der Waals surface area contributed by atoms with Crippen LogP contribution in [0.1, 0.15) is 18.9 Å². The van der Waals surface area contributed by atoms with E-state index in [1.165, 1.54) is 23.5 Å². The first-order valence-corrected chi connectivity index (χ1v) is 15.9. The van der Waals surface area contributed by atoms with Crippen molar-refractivity contribution in [2.75, 3.05) is 80.4 Å². The molecule has 10 nitrogen and oxygen atoms in total. The van der Waals surface area contributed by atoms with E-state index in [0.29, 0.717) is 17.0 Å². The molecule has 1 N–H and O–H groups in total. The average Bonchev–Trinajstić information content (AvgIpc) is 3.36. The summed E-state index contributed by atoms with van der Waals surface area (Å²) >= 11 is 0. The van der Waals surface area contributed by atoms with Crippen LogP contribution in [0.2, 0.25) is 0 Å². The normalized spacial score (nSPS) is 21.9. The topological polar surface area (TPSA) is 94.0 Å². The number of benzene rings is 1. The summed E-state index contributed by atoms with van der Waals surface area (Å²) in [5.74, 6) is 2.91. The van der Waals surface area contributed by atoms with Crippen LogP contribution in [0.15, 0.2) is 53.7 Å². The molecule has 3 fully saturated rings. The van der Waals surface area contributed by atoms with Crippen LogP contribution in [0.4, 0.5) is 17.2 Å². The zero-order chi connectivity index (χ0) is 27.9. The highest BCUT2D eigenvalue weighted by Gasteiger charge is 2.31. The molecule has 40 heavy (non-hydrogen) atoms. The van der Waals surface area contributed by atoms with E-state index in [1.807, 2.05) is 30.0 Å². The summed E-state index contributed by atoms with van der Waals surface area (Å²) in [5, 5.41) is 4.57. The van der Waals surface area contributed by atoms with Crippen LogP contribution in [0.25, 0.3) is 11.0 Å². The highest BCUT2D eigenvalue weighted by atomic mass is 32.2. The van der Waals surface area contributed by atoms with Gasteiger partial charge < -0.3 is 29.5 Å². The van der Waals surface area contributed by atoms with Gasteiger partial charge in [0.15, 0.2) is 9.84 Å². The molecule has 4 heterocycles. The number of nitrogens with one attached hydrogen (secondary N) is 1. The van der Waals surface area contributed by atoms with Gasteiger partial charge >= 0.3 is 0 Å². The van der Waals surface area contributed by atoms with Crippen molar-refractivity contribution < 1.29 is 13.2 Å². The predicted molar refractivity (Wildman–Crippen MR) is 159 cm³/mol. The van der Waals surface area contributed by atoms with Gasteiger partial charge in [0, 0.05) is 94.0 Å². The van der Waals surface area contributed by atoms with Gasteiger partial charge in [-0.15, -0.1) is 0 Å². The predicted octanol–water partition coefficient (Wildman–Crippen LogP) is 2.16. The van der Waals surface area contributed by atoms with E-state index in [4.69, 9.17) is 4.98 Å². The van der Waals surface area contributed by atoms with Crippen molar-refractivity contribution in [3.05, 3.63) is 48.8 Å². The Morgan fingerprint density at radius 3 is 2.20 bits per heavy atom. The summed E-state index contributed by atoms with van der Waals surface area (Å²) in [5.41, 5.74) is 3.29. The molecular formula is C29H37N7O3S. The number of piperazine rings is 2. The van der Waals surface area contributed by atoms with Gasteiger partial charge in [-0.1, -0.05) is 0 Å². The molecule has 1 aromatic carbocycles. The van der Waals surface area contributed by atoms with Gasteiger partial charge in [0.2, 0.25) is 0 Å². The first kappa shape index (κ1) is 26.7. The Labute approximate surface area is 235 Å². The van der Waals surface area contributed by atoms with Crippen LogP contribution in [-0.4, -0.2) is 101 Å². The SMILES string of the molecule is CNC1CC(n2ccc3c(N4CCN(C=C=O)CC4)cc(N4CCN(c5ccc(S(C)(=O)=O)cc5)CC4)nc32)C1. The van der Waals surface area contributed by atoms with Gasteiger partial charge in [-0.05, 0) is 50.2 Å². The number of aromatic nitrogens is 2. The minimum atomic E-state index is -3.21. The lowest BCUT2D eigenvalue weighted by Gasteiger charge is -2.39. The fourth-order valence-electron chi connectivity index (χ4n) is 6.13. The van der Waals surface area contributed by atoms with Gasteiger partial charge in [0.25, 0.3) is 0 Å². The molecule has 1 aliphatic carbocycles. The molecule has 6 rings (SSSR count). The summed E-state index contributed by atoms with van der Waals surface area (Å²) in [6.45, 7) is 6.58. The fraction of sp³-hybridized carbons (Fsp3) is 0.483. The molecule has 0 amide bonds. The maximum absolute atomic E-state index is 11.8. The van der Waals surface area contributed by atoms with Crippen LogP contribution < -0.4 is 20.0 Å². The molecule has 2 saturated heterocycles. The molecule has 11 heteroatoms. The number of fused-ring (bicyclic) bond motifs is 1. The number of hydrogen-bond donors (Lipinski definition) is 1. The molecule has 0 atom stereocenters. The van der Waals surface area contributed by atoms with Crippen molar-refractivity contribution in [2.45, 2.75) is 29.8 Å². The Morgan fingerprint density at radius 1 is 0.925 bits per heavy atom. The fourth-order valence-corrected chi connectivity index (χ4v) is 6.76. The number of rotatable bonds is 7. The number of anilines is 3. The van der Waals surface area contributed by atoms with Gasteiger partial charge in [-0.25, -0.2) is 18.2 Å². The zero-order valence-electron chi connectivity index (χ0n) is 23.2. The Morgan fingerprint density at radius 2 is 1.57 bits per heavy atom. The van der Waals surface area contributed by atoms with Crippen molar-refractivity contribution in [1.82, 2.24) is 19.8 Å². The monoisotopic (exact) mass is 563 g/mol. The zero-order valence-corrected chi connectivity index (χ0v) is 24.0. The lowest BCUT2D eigenvalue weighted by Crippen LogP contribution is -2.47. The minimum Gasteiger partial charge on any atom is -0.368 e. The molecule has 1 saturated carbocycles. The van der Waals surface area contributed by atoms with E-state index in [1.54, 1.807) is 12.1 Å². The molecule has 0 radical (unpaired) electrons. The average molecular weight is 564 g/mol. The Hall–Kier alpha value is -3.53. The van der Waals surface area contributed by atoms with Crippen LogP contribution in [0.5, 0.6) is 0 Å². The van der Waals surface area contributed by atoms with E-state index in [-0.39, 0.29) is 0 Å². The van der Waals surface area contributed by atoms with E-state index in [9.17, 15) is 13.2 Å². The Balaban J connectivity index is 1.25. The third kappa shape index (κ3) is 5.16. The van der Waals surface area contributed by atoms with Crippen LogP contribution in [-0.2, 0) is 14.6 Å². The van der Waals surface area contributed by atoms with Gasteiger partial charge in [-0.3, -0.25) is 0 Å². The molecule has 0 bridgehead atoms. The van der Waals surface area contributed by atoms with Crippen LogP contribution >= 0.6 is 0 Å². The molecule has 0 unspecified atom stereocenters. The van der Waals surface area contributed by atoms with Gasteiger partial charge in [0.05, 0.1) is 16.8 Å². The largest absolute Gasteiger partial charge is 0.368 e. The van der Waals surface area contributed by atoms with E-state index in [0.717, 1.165) is 82.4 Å². The molecule has 2 aromatic heterocycles. The van der Waals surface area contributed by atoms with Crippen molar-refractivity contribution in [2.24, 2.45) is 0 Å². The van der Waals surface area contributed by atoms with Crippen molar-refractivity contribution in [3.63, 3.8) is 0 Å². The van der Waals surface area contributed by atoms with Gasteiger partial charge in [0.1, 0.15) is 17.4 Å². The Bertz CT molecular complexity index is 1510. The third-order valence-corrected chi connectivity index (χ3v) is 9.82. The Kier molecular flexibility index (Phi) is 7.20. The number of nitrogens with zero attached hydrogens (tertiary/aromatic N) is 6. The van der Waals surface area contributed by atoms with Crippen LogP contribution in [0, 0.1) is 0 Å². The standard InChI is InChI=1S/C29H37N7O3S/c1-30-22-19-24(20-22)36-8-7-26-27(34-11-9-32(10-12-34)17-18-37)21-28(31-29(26)36)35-15-13-33(14-16-35)23-3-5-25(6-4-23)40(2,38)39/h3-8,17,21-22,24,30H,9-16,19-20H2,1-2H3. The van der Waals surface area contributed by atoms with Crippen molar-refractivity contribution in [1.29, 1.82) is 0 Å². The quantitative estimate of drug-likeness (QED) is 0.434. The maximum atomic E-state index is 11.8. The molecular weight excluding hydrogens is 526 g/mol. The van der Waals surface area contributed by atoms with E-state index in [2.05, 4.69) is 42.9 Å². The highest BCUT2D eigenvalue weighted by Crippen LogP contribution is 2.38. The molecule has 3 aliphatic rings. The lowest BCUT2D eigenvalue weighted by molar-refractivity contribution is 0.240. The summed E-state index contributed by atoms with van der Waals surface area (Å²) in [6, 6.07) is 12.6. The molecule has 0 spiro atoms. The summed E-state index contributed by atoms with van der Waals surface area (Å²) in [4.78, 5) is 25.5. The number of pyridine rings is 1. The van der Waals surface area contributed by atoms with Gasteiger partial charge in [-0.2, -0.15) is 0 Å². The second-order valence-electron chi connectivity index (χ2n) is 11.1. The third-order valence-electron chi connectivity index (χ3n) is 8.69. The second kappa shape index (κ2) is 10.8. The van der Waals surface area contributed by atoms with Crippen molar-refractivity contribution in [3.8, 4) is 0 Å². The maximum Gasteiger partial charge on any atom is 0.175 e. The van der Waals surface area contributed by atoms with E-state index < -0.39 is 9.84 Å². The lowest BCUT2D eigenvalue weighted by atomic mass is 9.87. The highest BCUT2D eigenvalue weighted by molar-refractivity contribution is 7.90. The summed E-state index contributed by atoms with van der Waals surface area (Å²) in [6.07, 6.45) is 7.17. The molecule has 3 aromatic rings. The first-order chi connectivity index (χ1) is 19.3.